The lowest BCUT2D eigenvalue weighted by atomic mass is 10.1. The van der Waals surface area contributed by atoms with Crippen LogP contribution in [0, 0.1) is 10.1 Å². The van der Waals surface area contributed by atoms with E-state index in [1.54, 1.807) is 18.2 Å². The molecule has 2 aromatic heterocycles. The van der Waals surface area contributed by atoms with E-state index in [0.29, 0.717) is 73.4 Å². The molecule has 0 aliphatic rings. The smallest absolute Gasteiger partial charge is 0.300 e. The van der Waals surface area contributed by atoms with Gasteiger partial charge in [0.15, 0.2) is 5.52 Å². The number of aromatic nitrogens is 4. The van der Waals surface area contributed by atoms with Crippen LogP contribution in [0.3, 0.4) is 0 Å². The van der Waals surface area contributed by atoms with Crippen molar-refractivity contribution < 1.29 is 33.3 Å². The lowest BCUT2D eigenvalue weighted by molar-refractivity contribution is -0.383. The van der Waals surface area contributed by atoms with Crippen LogP contribution < -0.4 is 20.7 Å². The van der Waals surface area contributed by atoms with Crippen LogP contribution in [0.4, 0.5) is 28.6 Å². The van der Waals surface area contributed by atoms with Crippen molar-refractivity contribution in [2.75, 3.05) is 68.7 Å². The second-order valence-corrected chi connectivity index (χ2v) is 10.8. The zero-order chi connectivity index (χ0) is 33.7. The molecule has 48 heavy (non-hydrogen) atoms. The van der Waals surface area contributed by atoms with E-state index < -0.39 is 4.92 Å². The molecule has 5 aromatic rings. The van der Waals surface area contributed by atoms with Gasteiger partial charge in [0.05, 0.1) is 61.5 Å². The zero-order valence-corrected chi connectivity index (χ0v) is 27.1. The minimum atomic E-state index is -0.538. The molecule has 0 aliphatic heterocycles. The molecule has 3 aromatic carbocycles. The number of nitrogens with one attached hydrogen (secondary N) is 3. The quantitative estimate of drug-likeness (QED) is 0.0432. The molecule has 5 rings (SSSR count). The fraction of sp³-hybridized carbons (Fsp3) is 0.258. The van der Waals surface area contributed by atoms with Crippen LogP contribution in [-0.4, -0.2) is 83.9 Å². The van der Waals surface area contributed by atoms with E-state index in [4.69, 9.17) is 18.9 Å². The Kier molecular flexibility index (Phi) is 12.1. The Hall–Kier alpha value is -5.23. The van der Waals surface area contributed by atoms with Gasteiger partial charge in [-0.25, -0.2) is 14.6 Å². The van der Waals surface area contributed by atoms with Crippen LogP contribution in [0.5, 0.6) is 5.75 Å². The van der Waals surface area contributed by atoms with Gasteiger partial charge in [-0.15, -0.1) is 0 Å². The molecule has 2 heterocycles. The number of nitro groups is 1. The third-order valence-electron chi connectivity index (χ3n) is 6.65. The number of anilines is 4. The summed E-state index contributed by atoms with van der Waals surface area (Å²) in [7, 11) is 0. The molecule has 0 saturated carbocycles. The normalized spacial score (nSPS) is 11.0. The Bertz CT molecular complexity index is 1890. The molecule has 0 radical (unpaired) electrons. The second-order valence-electron chi connectivity index (χ2n) is 9.88. The summed E-state index contributed by atoms with van der Waals surface area (Å²) >= 11 is 3.47. The molecule has 0 fully saturated rings. The summed E-state index contributed by atoms with van der Waals surface area (Å²) in [5.41, 5.74) is 2.64. The van der Waals surface area contributed by atoms with Crippen LogP contribution in [0.2, 0.25) is 0 Å². The summed E-state index contributed by atoms with van der Waals surface area (Å²) in [5.74, 6) is 0.603. The fourth-order valence-corrected chi connectivity index (χ4v) is 4.84. The fourth-order valence-electron chi connectivity index (χ4n) is 4.44. The highest BCUT2D eigenvalue weighted by atomic mass is 79.9. The van der Waals surface area contributed by atoms with E-state index in [-0.39, 0.29) is 35.8 Å². The van der Waals surface area contributed by atoms with Crippen LogP contribution in [0.1, 0.15) is 0 Å². The first-order chi connectivity index (χ1) is 23.4. The second kappa shape index (κ2) is 17.1. The molecule has 16 nitrogen and oxygen atoms in total. The number of carbonyl (C=O) groups excluding carboxylic acids is 1. The number of rotatable bonds is 19. The van der Waals surface area contributed by atoms with Crippen molar-refractivity contribution in [1.29, 1.82) is 0 Å². The standard InChI is InChI=1S/C31H31BrN8O8/c1-2-28(41)37-25-17-22-24(34-19-35-31(22)36-21-5-3-4-20(32)16-21)18-27(25)47-15-14-46-13-12-45-11-10-44-9-8-33-23-6-7-26(40(42)43)30-29(23)38-48-39-30/h2-7,16-19,33H,1,8-15H2,(H,37,41)(H,34,35,36). The molecule has 1 amide bonds. The minimum absolute atomic E-state index is 0.0819. The summed E-state index contributed by atoms with van der Waals surface area (Å²) in [6.07, 6.45) is 2.63. The zero-order valence-electron chi connectivity index (χ0n) is 25.5. The first-order valence-corrected chi connectivity index (χ1v) is 15.5. The van der Waals surface area contributed by atoms with E-state index in [1.165, 1.54) is 18.5 Å². The van der Waals surface area contributed by atoms with Crippen LogP contribution in [0.15, 0.2) is 76.6 Å². The highest BCUT2D eigenvalue weighted by Crippen LogP contribution is 2.34. The molecule has 3 N–H and O–H groups in total. The monoisotopic (exact) mass is 722 g/mol. The van der Waals surface area contributed by atoms with Crippen LogP contribution in [0.25, 0.3) is 21.9 Å². The van der Waals surface area contributed by atoms with Gasteiger partial charge in [-0.2, -0.15) is 0 Å². The van der Waals surface area contributed by atoms with Gasteiger partial charge in [0.25, 0.3) is 0 Å². The van der Waals surface area contributed by atoms with Crippen molar-refractivity contribution in [1.82, 2.24) is 20.3 Å². The molecule has 250 valence electrons. The van der Waals surface area contributed by atoms with E-state index >= 15 is 0 Å². The first kappa shape index (κ1) is 34.1. The molecule has 17 heteroatoms. The number of hydrogen-bond acceptors (Lipinski definition) is 14. The third kappa shape index (κ3) is 9.19. The van der Waals surface area contributed by atoms with Crippen molar-refractivity contribution in [3.63, 3.8) is 0 Å². The minimum Gasteiger partial charge on any atom is -0.489 e. The third-order valence-corrected chi connectivity index (χ3v) is 7.14. The molecule has 0 unspecified atom stereocenters. The SMILES string of the molecule is C=CC(=O)Nc1cc2c(Nc3cccc(Br)c3)ncnc2cc1OCCOCCOCCOCCNc1ccc([N+](=O)[O-])c2nonc12. The number of nitro benzene ring substituents is 1. The number of carbonyl (C=O) groups is 1. The molecule has 0 bridgehead atoms. The predicted octanol–water partition coefficient (Wildman–Crippen LogP) is 5.25. The number of halogens is 1. The Labute approximate surface area is 282 Å². The summed E-state index contributed by atoms with van der Waals surface area (Å²) in [6, 6.07) is 14.1. The Balaban J connectivity index is 1.00. The Morgan fingerprint density at radius 1 is 0.938 bits per heavy atom. The van der Waals surface area contributed by atoms with Gasteiger partial charge in [0.2, 0.25) is 11.4 Å². The molecule has 0 aliphatic carbocycles. The predicted molar refractivity (Wildman–Crippen MR) is 181 cm³/mol. The van der Waals surface area contributed by atoms with Gasteiger partial charge in [0.1, 0.15) is 24.5 Å². The summed E-state index contributed by atoms with van der Waals surface area (Å²) < 4.78 is 28.2. The average molecular weight is 724 g/mol. The highest BCUT2D eigenvalue weighted by Gasteiger charge is 2.19. The Morgan fingerprint density at radius 3 is 2.44 bits per heavy atom. The Morgan fingerprint density at radius 2 is 1.69 bits per heavy atom. The number of hydrogen-bond donors (Lipinski definition) is 3. The van der Waals surface area contributed by atoms with Crippen molar-refractivity contribution in [2.24, 2.45) is 0 Å². The highest BCUT2D eigenvalue weighted by molar-refractivity contribution is 9.10. The first-order valence-electron chi connectivity index (χ1n) is 14.7. The van der Waals surface area contributed by atoms with Gasteiger partial charge < -0.3 is 34.9 Å². The van der Waals surface area contributed by atoms with Crippen LogP contribution in [-0.2, 0) is 19.0 Å². The number of benzene rings is 3. The summed E-state index contributed by atoms with van der Waals surface area (Å²) in [6.45, 7) is 6.31. The van der Waals surface area contributed by atoms with Crippen molar-refractivity contribution in [3.8, 4) is 5.75 Å². The van der Waals surface area contributed by atoms with E-state index in [2.05, 4.69) is 63.4 Å². The van der Waals surface area contributed by atoms with Crippen molar-refractivity contribution >= 4 is 72.3 Å². The molecular weight excluding hydrogens is 692 g/mol. The average Bonchev–Trinajstić information content (AvgIpc) is 3.57. The largest absolute Gasteiger partial charge is 0.489 e. The van der Waals surface area contributed by atoms with Gasteiger partial charge in [0, 0.05) is 34.2 Å². The van der Waals surface area contributed by atoms with Crippen molar-refractivity contribution in [2.45, 2.75) is 0 Å². The lowest BCUT2D eigenvalue weighted by Crippen LogP contribution is -2.15. The maximum absolute atomic E-state index is 12.2. The summed E-state index contributed by atoms with van der Waals surface area (Å²) in [5, 5.41) is 28.3. The van der Waals surface area contributed by atoms with Gasteiger partial charge >= 0.3 is 5.69 Å². The maximum Gasteiger partial charge on any atom is 0.300 e. The van der Waals surface area contributed by atoms with Crippen LogP contribution >= 0.6 is 15.9 Å². The van der Waals surface area contributed by atoms with Gasteiger partial charge in [-0.05, 0) is 46.7 Å². The summed E-state index contributed by atoms with van der Waals surface area (Å²) in [4.78, 5) is 31.5. The molecule has 0 spiro atoms. The molecular formula is C31H31BrN8O8. The van der Waals surface area contributed by atoms with E-state index in [1.807, 2.05) is 24.3 Å². The topological polar surface area (TPSA) is 198 Å². The lowest BCUT2D eigenvalue weighted by Gasteiger charge is -2.15. The van der Waals surface area contributed by atoms with Gasteiger partial charge in [-0.3, -0.25) is 14.9 Å². The number of nitrogens with zero attached hydrogens (tertiary/aromatic N) is 5. The number of non-ortho nitro benzene ring substituents is 1. The number of fused-ring (bicyclic) bond motifs is 2. The maximum atomic E-state index is 12.2. The van der Waals surface area contributed by atoms with E-state index in [9.17, 15) is 14.9 Å². The number of amides is 1. The van der Waals surface area contributed by atoms with E-state index in [0.717, 1.165) is 10.2 Å². The molecule has 0 saturated heterocycles. The van der Waals surface area contributed by atoms with Gasteiger partial charge in [-0.1, -0.05) is 28.6 Å². The van der Waals surface area contributed by atoms with Crippen molar-refractivity contribution in [3.05, 3.63) is 82.1 Å². The molecule has 0 atom stereocenters. The number of ether oxygens (including phenoxy) is 4.